The molecule has 1 aromatic rings. The maximum atomic E-state index is 12.2. The SMILES string of the molecule is CCCCN(CC)S(=O)(=O)c1cn[nH]c1C. The number of hydrogen-bond acceptors (Lipinski definition) is 3. The molecule has 16 heavy (non-hydrogen) atoms. The van der Waals surface area contributed by atoms with Gasteiger partial charge in [-0.15, -0.1) is 0 Å². The Morgan fingerprint density at radius 2 is 2.12 bits per heavy atom. The van der Waals surface area contributed by atoms with Crippen molar-refractivity contribution in [3.05, 3.63) is 11.9 Å². The molecule has 0 unspecified atom stereocenters. The molecular weight excluding hydrogens is 226 g/mol. The van der Waals surface area contributed by atoms with Crippen molar-refractivity contribution in [1.82, 2.24) is 14.5 Å². The van der Waals surface area contributed by atoms with Crippen LogP contribution in [0.25, 0.3) is 0 Å². The van der Waals surface area contributed by atoms with Crippen LogP contribution in [0.1, 0.15) is 32.4 Å². The Morgan fingerprint density at radius 1 is 1.44 bits per heavy atom. The summed E-state index contributed by atoms with van der Waals surface area (Å²) in [6.45, 7) is 6.67. The van der Waals surface area contributed by atoms with E-state index < -0.39 is 10.0 Å². The molecule has 1 aromatic heterocycles. The Labute approximate surface area is 96.9 Å². The molecule has 0 amide bonds. The van der Waals surface area contributed by atoms with Gasteiger partial charge >= 0.3 is 0 Å². The van der Waals surface area contributed by atoms with E-state index in [1.165, 1.54) is 10.5 Å². The number of rotatable bonds is 6. The fourth-order valence-electron chi connectivity index (χ4n) is 1.52. The van der Waals surface area contributed by atoms with Crippen molar-refractivity contribution in [3.63, 3.8) is 0 Å². The highest BCUT2D eigenvalue weighted by molar-refractivity contribution is 7.89. The van der Waals surface area contributed by atoms with Crippen molar-refractivity contribution in [2.45, 2.75) is 38.5 Å². The van der Waals surface area contributed by atoms with Gasteiger partial charge in [0, 0.05) is 13.1 Å². The molecule has 1 heterocycles. The molecule has 0 radical (unpaired) electrons. The molecule has 0 aliphatic heterocycles. The highest BCUT2D eigenvalue weighted by atomic mass is 32.2. The van der Waals surface area contributed by atoms with Crippen LogP contribution in [0.4, 0.5) is 0 Å². The third-order valence-electron chi connectivity index (χ3n) is 2.52. The number of hydrogen-bond donors (Lipinski definition) is 1. The Bertz CT molecular complexity index is 425. The predicted molar refractivity (Wildman–Crippen MR) is 62.7 cm³/mol. The van der Waals surface area contributed by atoms with Crippen LogP contribution in [0.15, 0.2) is 11.1 Å². The molecule has 0 aliphatic carbocycles. The second-order valence-corrected chi connectivity index (χ2v) is 5.62. The average molecular weight is 245 g/mol. The van der Waals surface area contributed by atoms with Crippen molar-refractivity contribution in [1.29, 1.82) is 0 Å². The fraction of sp³-hybridized carbons (Fsp3) is 0.700. The molecule has 0 bridgehead atoms. The van der Waals surface area contributed by atoms with E-state index in [1.54, 1.807) is 6.92 Å². The third kappa shape index (κ3) is 2.62. The summed E-state index contributed by atoms with van der Waals surface area (Å²) < 4.78 is 25.9. The van der Waals surface area contributed by atoms with Crippen molar-refractivity contribution in [3.8, 4) is 0 Å². The minimum Gasteiger partial charge on any atom is -0.281 e. The largest absolute Gasteiger partial charge is 0.281 e. The van der Waals surface area contributed by atoms with Crippen LogP contribution in [-0.2, 0) is 10.0 Å². The first-order valence-corrected chi connectivity index (χ1v) is 6.98. The minimum atomic E-state index is -3.37. The summed E-state index contributed by atoms with van der Waals surface area (Å²) in [5.41, 5.74) is 0.593. The van der Waals surface area contributed by atoms with Gasteiger partial charge in [-0.3, -0.25) is 5.10 Å². The van der Waals surface area contributed by atoms with Gasteiger partial charge in [-0.25, -0.2) is 8.42 Å². The molecule has 5 nitrogen and oxygen atoms in total. The predicted octanol–water partition coefficient (Wildman–Crippen LogP) is 1.53. The number of nitrogens with zero attached hydrogens (tertiary/aromatic N) is 2. The summed E-state index contributed by atoms with van der Waals surface area (Å²) in [4.78, 5) is 0.283. The maximum absolute atomic E-state index is 12.2. The first kappa shape index (κ1) is 13.2. The van der Waals surface area contributed by atoms with Crippen LogP contribution in [0.5, 0.6) is 0 Å². The first-order chi connectivity index (χ1) is 7.54. The number of aromatic nitrogens is 2. The summed E-state index contributed by atoms with van der Waals surface area (Å²) in [7, 11) is -3.37. The second kappa shape index (κ2) is 5.45. The lowest BCUT2D eigenvalue weighted by Crippen LogP contribution is -2.32. The van der Waals surface area contributed by atoms with Crippen LogP contribution in [-0.4, -0.2) is 36.0 Å². The summed E-state index contributed by atoms with van der Waals surface area (Å²) >= 11 is 0. The van der Waals surface area contributed by atoms with Gasteiger partial charge in [0.25, 0.3) is 0 Å². The molecule has 1 N–H and O–H groups in total. The Kier molecular flexibility index (Phi) is 4.49. The minimum absolute atomic E-state index is 0.283. The van der Waals surface area contributed by atoms with E-state index in [2.05, 4.69) is 10.2 Å². The third-order valence-corrected chi connectivity index (χ3v) is 4.60. The molecule has 0 aliphatic rings. The van der Waals surface area contributed by atoms with Gasteiger partial charge < -0.3 is 0 Å². The van der Waals surface area contributed by atoms with Crippen LogP contribution in [0.2, 0.25) is 0 Å². The number of sulfonamides is 1. The normalized spacial score (nSPS) is 12.2. The smallest absolute Gasteiger partial charge is 0.246 e. The lowest BCUT2D eigenvalue weighted by atomic mass is 10.3. The second-order valence-electron chi connectivity index (χ2n) is 3.71. The molecule has 92 valence electrons. The fourth-order valence-corrected chi connectivity index (χ4v) is 3.13. The number of H-pyrrole nitrogens is 1. The first-order valence-electron chi connectivity index (χ1n) is 5.54. The Balaban J connectivity index is 2.95. The zero-order valence-electron chi connectivity index (χ0n) is 10.0. The quantitative estimate of drug-likeness (QED) is 0.826. The van der Waals surface area contributed by atoms with Gasteiger partial charge in [0.1, 0.15) is 4.90 Å². The van der Waals surface area contributed by atoms with Crippen molar-refractivity contribution in [2.24, 2.45) is 0 Å². The summed E-state index contributed by atoms with van der Waals surface area (Å²) in [6, 6.07) is 0. The lowest BCUT2D eigenvalue weighted by molar-refractivity contribution is 0.418. The lowest BCUT2D eigenvalue weighted by Gasteiger charge is -2.19. The molecule has 0 saturated heterocycles. The standard InChI is InChI=1S/C10H19N3O2S/c1-4-6-7-13(5-2)16(14,15)10-8-11-12-9(10)3/h8H,4-7H2,1-3H3,(H,11,12). The monoisotopic (exact) mass is 245 g/mol. The van der Waals surface area contributed by atoms with Gasteiger partial charge in [-0.2, -0.15) is 9.40 Å². The van der Waals surface area contributed by atoms with E-state index in [0.717, 1.165) is 12.8 Å². The zero-order valence-corrected chi connectivity index (χ0v) is 10.8. The Hall–Kier alpha value is -0.880. The molecule has 0 atom stereocenters. The zero-order chi connectivity index (χ0) is 12.2. The molecule has 0 fully saturated rings. The van der Waals surface area contributed by atoms with E-state index in [-0.39, 0.29) is 4.90 Å². The van der Waals surface area contributed by atoms with Gasteiger partial charge in [0.05, 0.1) is 11.9 Å². The van der Waals surface area contributed by atoms with Crippen LogP contribution in [0.3, 0.4) is 0 Å². The average Bonchev–Trinajstić information content (AvgIpc) is 2.66. The van der Waals surface area contributed by atoms with Crippen LogP contribution in [0, 0.1) is 6.92 Å². The number of unbranched alkanes of at least 4 members (excludes halogenated alkanes) is 1. The van der Waals surface area contributed by atoms with Crippen molar-refractivity contribution in [2.75, 3.05) is 13.1 Å². The van der Waals surface area contributed by atoms with E-state index in [0.29, 0.717) is 18.8 Å². The van der Waals surface area contributed by atoms with Crippen LogP contribution < -0.4 is 0 Å². The van der Waals surface area contributed by atoms with Gasteiger partial charge in [-0.05, 0) is 13.3 Å². The maximum Gasteiger partial charge on any atom is 0.246 e. The number of aryl methyl sites for hydroxylation is 1. The van der Waals surface area contributed by atoms with E-state index in [4.69, 9.17) is 0 Å². The van der Waals surface area contributed by atoms with Crippen molar-refractivity contribution >= 4 is 10.0 Å². The summed E-state index contributed by atoms with van der Waals surface area (Å²) in [6.07, 6.45) is 3.24. The van der Waals surface area contributed by atoms with Gasteiger partial charge in [-0.1, -0.05) is 20.3 Å². The van der Waals surface area contributed by atoms with Crippen molar-refractivity contribution < 1.29 is 8.42 Å². The molecule has 0 spiro atoms. The molecule has 0 aromatic carbocycles. The summed E-state index contributed by atoms with van der Waals surface area (Å²) in [5, 5.41) is 6.41. The van der Waals surface area contributed by atoms with E-state index in [1.807, 2.05) is 13.8 Å². The number of nitrogens with one attached hydrogen (secondary N) is 1. The Morgan fingerprint density at radius 3 is 2.56 bits per heavy atom. The van der Waals surface area contributed by atoms with E-state index >= 15 is 0 Å². The summed E-state index contributed by atoms with van der Waals surface area (Å²) in [5.74, 6) is 0. The highest BCUT2D eigenvalue weighted by Gasteiger charge is 2.25. The highest BCUT2D eigenvalue weighted by Crippen LogP contribution is 2.17. The van der Waals surface area contributed by atoms with Gasteiger partial charge in [0.15, 0.2) is 0 Å². The molecule has 6 heteroatoms. The molecule has 0 saturated carbocycles. The molecular formula is C10H19N3O2S. The van der Waals surface area contributed by atoms with E-state index in [9.17, 15) is 8.42 Å². The molecule has 1 rings (SSSR count). The van der Waals surface area contributed by atoms with Crippen LogP contribution >= 0.6 is 0 Å². The number of aromatic amines is 1. The van der Waals surface area contributed by atoms with Gasteiger partial charge in [0.2, 0.25) is 10.0 Å². The topological polar surface area (TPSA) is 66.1 Å².